The molecule has 106 valence electrons. The van der Waals surface area contributed by atoms with Gasteiger partial charge in [0.05, 0.1) is 6.04 Å². The normalized spacial score (nSPS) is 18.0. The zero-order valence-electron chi connectivity index (χ0n) is 11.7. The van der Waals surface area contributed by atoms with Crippen molar-refractivity contribution in [2.75, 3.05) is 0 Å². The van der Waals surface area contributed by atoms with Gasteiger partial charge < -0.3 is 4.90 Å². The van der Waals surface area contributed by atoms with E-state index in [1.807, 2.05) is 60.7 Å². The summed E-state index contributed by atoms with van der Waals surface area (Å²) in [4.78, 5) is 26.4. The highest BCUT2D eigenvalue weighted by molar-refractivity contribution is 6.03. The van der Waals surface area contributed by atoms with E-state index in [4.69, 9.17) is 0 Å². The lowest BCUT2D eigenvalue weighted by molar-refractivity contribution is -0.129. The van der Waals surface area contributed by atoms with Crippen LogP contribution in [0.4, 0.5) is 0 Å². The third kappa shape index (κ3) is 2.87. The van der Waals surface area contributed by atoms with E-state index in [2.05, 4.69) is 0 Å². The molecule has 1 atom stereocenters. The van der Waals surface area contributed by atoms with Crippen LogP contribution in [-0.2, 0) is 11.3 Å². The third-order valence-corrected chi connectivity index (χ3v) is 3.88. The van der Waals surface area contributed by atoms with Gasteiger partial charge in [-0.25, -0.2) is 0 Å². The molecular formula is C18H17NO2. The van der Waals surface area contributed by atoms with Crippen molar-refractivity contribution in [3.8, 4) is 0 Å². The molecule has 0 unspecified atom stereocenters. The van der Waals surface area contributed by atoms with E-state index in [1.54, 1.807) is 4.90 Å². The first-order valence-electron chi connectivity index (χ1n) is 7.18. The molecule has 2 aromatic carbocycles. The van der Waals surface area contributed by atoms with Crippen LogP contribution in [0.25, 0.3) is 0 Å². The van der Waals surface area contributed by atoms with Gasteiger partial charge in [0.2, 0.25) is 5.91 Å². The number of carbonyl (C=O) groups excluding carboxylic acids is 2. The average Bonchev–Trinajstić information content (AvgIpc) is 2.90. The molecule has 0 aromatic heterocycles. The molecule has 0 aliphatic carbocycles. The number of likely N-dealkylation sites (tertiary alicyclic amines) is 1. The number of carbonyl (C=O) groups is 2. The first-order valence-corrected chi connectivity index (χ1v) is 7.18. The summed E-state index contributed by atoms with van der Waals surface area (Å²) < 4.78 is 0. The minimum Gasteiger partial charge on any atom is -0.328 e. The third-order valence-electron chi connectivity index (χ3n) is 3.88. The summed E-state index contributed by atoms with van der Waals surface area (Å²) >= 11 is 0. The van der Waals surface area contributed by atoms with E-state index in [1.165, 1.54) is 0 Å². The van der Waals surface area contributed by atoms with Crippen LogP contribution in [0.1, 0.15) is 28.8 Å². The SMILES string of the molecule is O=C(c1ccccc1)[C@@H]1CCC(=O)N1Cc1ccccc1. The molecule has 3 nitrogen and oxygen atoms in total. The van der Waals surface area contributed by atoms with Gasteiger partial charge in [0.1, 0.15) is 0 Å². The smallest absolute Gasteiger partial charge is 0.223 e. The number of hydrogen-bond donors (Lipinski definition) is 0. The Balaban J connectivity index is 1.81. The molecule has 1 saturated heterocycles. The van der Waals surface area contributed by atoms with Gasteiger partial charge in [0, 0.05) is 18.5 Å². The van der Waals surface area contributed by atoms with Crippen LogP contribution in [0.3, 0.4) is 0 Å². The predicted molar refractivity (Wildman–Crippen MR) is 80.8 cm³/mol. The van der Waals surface area contributed by atoms with Crippen molar-refractivity contribution >= 4 is 11.7 Å². The number of benzene rings is 2. The van der Waals surface area contributed by atoms with E-state index in [0.717, 1.165) is 5.56 Å². The Morgan fingerprint density at radius 1 is 1.00 bits per heavy atom. The van der Waals surface area contributed by atoms with E-state index >= 15 is 0 Å². The molecule has 21 heavy (non-hydrogen) atoms. The summed E-state index contributed by atoms with van der Waals surface area (Å²) in [5.74, 6) is 0.102. The van der Waals surface area contributed by atoms with Crippen LogP contribution in [0.2, 0.25) is 0 Å². The summed E-state index contributed by atoms with van der Waals surface area (Å²) in [6, 6.07) is 18.7. The Bertz CT molecular complexity index is 637. The first kappa shape index (κ1) is 13.6. The second-order valence-corrected chi connectivity index (χ2v) is 5.29. The topological polar surface area (TPSA) is 37.4 Å². The van der Waals surface area contributed by atoms with Crippen LogP contribution in [0.5, 0.6) is 0 Å². The minimum atomic E-state index is -0.333. The van der Waals surface area contributed by atoms with Gasteiger partial charge in [-0.3, -0.25) is 9.59 Å². The molecule has 3 heteroatoms. The van der Waals surface area contributed by atoms with E-state index in [9.17, 15) is 9.59 Å². The average molecular weight is 279 g/mol. The molecule has 1 aliphatic rings. The van der Waals surface area contributed by atoms with Crippen molar-refractivity contribution in [3.05, 3.63) is 71.8 Å². The molecule has 0 spiro atoms. The van der Waals surface area contributed by atoms with Crippen LogP contribution in [0, 0.1) is 0 Å². The van der Waals surface area contributed by atoms with Crippen LogP contribution < -0.4 is 0 Å². The summed E-state index contributed by atoms with van der Waals surface area (Å²) in [6.07, 6.45) is 1.06. The van der Waals surface area contributed by atoms with E-state index < -0.39 is 0 Å². The highest BCUT2D eigenvalue weighted by atomic mass is 16.2. The maximum atomic E-state index is 12.6. The maximum absolute atomic E-state index is 12.6. The quantitative estimate of drug-likeness (QED) is 0.807. The summed E-state index contributed by atoms with van der Waals surface area (Å²) in [5.41, 5.74) is 1.73. The minimum absolute atomic E-state index is 0.0392. The van der Waals surface area contributed by atoms with Crippen LogP contribution in [-0.4, -0.2) is 22.6 Å². The number of Topliss-reactive ketones (excluding diaryl/α,β-unsaturated/α-hetero) is 1. The van der Waals surface area contributed by atoms with E-state index in [0.29, 0.717) is 24.9 Å². The summed E-state index contributed by atoms with van der Waals surface area (Å²) in [5, 5.41) is 0. The van der Waals surface area contributed by atoms with Crippen molar-refractivity contribution in [3.63, 3.8) is 0 Å². The number of ketones is 1. The second kappa shape index (κ2) is 5.92. The Hall–Kier alpha value is -2.42. The lowest BCUT2D eigenvalue weighted by Gasteiger charge is -2.24. The second-order valence-electron chi connectivity index (χ2n) is 5.29. The monoisotopic (exact) mass is 279 g/mol. The van der Waals surface area contributed by atoms with Gasteiger partial charge >= 0.3 is 0 Å². The zero-order valence-corrected chi connectivity index (χ0v) is 11.7. The fourth-order valence-corrected chi connectivity index (χ4v) is 2.78. The molecule has 0 N–H and O–H groups in total. The van der Waals surface area contributed by atoms with Gasteiger partial charge in [-0.2, -0.15) is 0 Å². The van der Waals surface area contributed by atoms with Crippen molar-refractivity contribution in [2.24, 2.45) is 0 Å². The van der Waals surface area contributed by atoms with Gasteiger partial charge in [-0.15, -0.1) is 0 Å². The number of amides is 1. The fourth-order valence-electron chi connectivity index (χ4n) is 2.78. The number of rotatable bonds is 4. The molecule has 0 saturated carbocycles. The largest absolute Gasteiger partial charge is 0.328 e. The molecular weight excluding hydrogens is 262 g/mol. The van der Waals surface area contributed by atoms with Crippen molar-refractivity contribution in [1.82, 2.24) is 4.90 Å². The predicted octanol–water partition coefficient (Wildman–Crippen LogP) is 3.06. The van der Waals surface area contributed by atoms with Crippen LogP contribution >= 0.6 is 0 Å². The van der Waals surface area contributed by atoms with Crippen molar-refractivity contribution in [2.45, 2.75) is 25.4 Å². The maximum Gasteiger partial charge on any atom is 0.223 e. The van der Waals surface area contributed by atoms with Gasteiger partial charge in [-0.1, -0.05) is 60.7 Å². The molecule has 0 radical (unpaired) electrons. The molecule has 2 aromatic rings. The molecule has 0 bridgehead atoms. The first-order chi connectivity index (χ1) is 10.3. The van der Waals surface area contributed by atoms with Crippen molar-refractivity contribution in [1.29, 1.82) is 0 Å². The Morgan fingerprint density at radius 3 is 2.29 bits per heavy atom. The van der Waals surface area contributed by atoms with Crippen LogP contribution in [0.15, 0.2) is 60.7 Å². The molecule has 3 rings (SSSR count). The molecule has 1 fully saturated rings. The number of hydrogen-bond acceptors (Lipinski definition) is 2. The molecule has 1 aliphatic heterocycles. The standard InChI is InChI=1S/C18H17NO2/c20-17-12-11-16(18(21)15-9-5-2-6-10-15)19(17)13-14-7-3-1-4-8-14/h1-10,16H,11-13H2/t16-/m0/s1. The van der Waals surface area contributed by atoms with Gasteiger partial charge in [0.25, 0.3) is 0 Å². The summed E-state index contributed by atoms with van der Waals surface area (Å²) in [6.45, 7) is 0.503. The zero-order chi connectivity index (χ0) is 14.7. The highest BCUT2D eigenvalue weighted by Crippen LogP contribution is 2.24. The van der Waals surface area contributed by atoms with E-state index in [-0.39, 0.29) is 17.7 Å². The number of nitrogens with zero attached hydrogens (tertiary/aromatic N) is 1. The highest BCUT2D eigenvalue weighted by Gasteiger charge is 2.36. The van der Waals surface area contributed by atoms with Gasteiger partial charge in [0.15, 0.2) is 5.78 Å². The fraction of sp³-hybridized carbons (Fsp3) is 0.222. The lowest BCUT2D eigenvalue weighted by atomic mass is 10.0. The van der Waals surface area contributed by atoms with Gasteiger partial charge in [-0.05, 0) is 12.0 Å². The Kier molecular flexibility index (Phi) is 3.82. The Morgan fingerprint density at radius 2 is 1.62 bits per heavy atom. The molecule has 1 heterocycles. The van der Waals surface area contributed by atoms with Crippen molar-refractivity contribution < 1.29 is 9.59 Å². The summed E-state index contributed by atoms with van der Waals surface area (Å²) in [7, 11) is 0. The Labute approximate surface area is 124 Å². The lowest BCUT2D eigenvalue weighted by Crippen LogP contribution is -2.38. The molecule has 1 amide bonds.